The lowest BCUT2D eigenvalue weighted by Gasteiger charge is -2.26. The molecule has 6 nitrogen and oxygen atoms in total. The number of benzene rings is 1. The summed E-state index contributed by atoms with van der Waals surface area (Å²) < 4.78 is 27.4. The number of nitrogens with zero attached hydrogens (tertiary/aromatic N) is 1. The van der Waals surface area contributed by atoms with Crippen molar-refractivity contribution in [3.05, 3.63) is 29.3 Å². The fourth-order valence-corrected chi connectivity index (χ4v) is 6.08. The molecule has 162 valence electrons. The lowest BCUT2D eigenvalue weighted by Crippen LogP contribution is -2.36. The van der Waals surface area contributed by atoms with E-state index in [0.29, 0.717) is 31.1 Å². The number of nitrogens with one attached hydrogen (secondary N) is 1. The van der Waals surface area contributed by atoms with Crippen LogP contribution in [0.2, 0.25) is 0 Å². The Morgan fingerprint density at radius 1 is 1.17 bits per heavy atom. The van der Waals surface area contributed by atoms with Crippen LogP contribution in [-0.2, 0) is 10.0 Å². The van der Waals surface area contributed by atoms with Crippen LogP contribution in [0.1, 0.15) is 67.3 Å². The second-order valence-corrected chi connectivity index (χ2v) is 10.5. The molecule has 3 rings (SSSR count). The number of piperidine rings is 1. The van der Waals surface area contributed by atoms with Crippen molar-refractivity contribution in [2.24, 2.45) is 11.8 Å². The van der Waals surface area contributed by atoms with Gasteiger partial charge in [0.2, 0.25) is 10.0 Å². The van der Waals surface area contributed by atoms with Crippen LogP contribution in [-0.4, -0.2) is 50.0 Å². The number of aliphatic hydroxyl groups is 1. The summed E-state index contributed by atoms with van der Waals surface area (Å²) in [5, 5.41) is 12.6. The minimum atomic E-state index is -3.57. The van der Waals surface area contributed by atoms with Gasteiger partial charge in [0.25, 0.3) is 5.91 Å². The monoisotopic (exact) mass is 422 g/mol. The molecule has 2 N–H and O–H groups in total. The highest BCUT2D eigenvalue weighted by molar-refractivity contribution is 7.89. The third kappa shape index (κ3) is 5.58. The van der Waals surface area contributed by atoms with E-state index in [9.17, 15) is 18.3 Å². The van der Waals surface area contributed by atoms with E-state index in [0.717, 1.165) is 31.2 Å². The van der Waals surface area contributed by atoms with Crippen LogP contribution in [0.15, 0.2) is 23.1 Å². The normalized spacial score (nSPS) is 19.9. The molecule has 1 aliphatic carbocycles. The van der Waals surface area contributed by atoms with E-state index in [1.807, 2.05) is 6.92 Å². The number of rotatable bonds is 8. The molecule has 7 heteroatoms. The van der Waals surface area contributed by atoms with Gasteiger partial charge in [-0.25, -0.2) is 8.42 Å². The molecule has 1 aromatic carbocycles. The second-order valence-electron chi connectivity index (χ2n) is 8.59. The molecule has 0 bridgehead atoms. The molecule has 1 aliphatic heterocycles. The molecule has 1 unspecified atom stereocenters. The van der Waals surface area contributed by atoms with Crippen LogP contribution in [0.25, 0.3) is 0 Å². The van der Waals surface area contributed by atoms with Crippen molar-refractivity contribution < 1.29 is 18.3 Å². The van der Waals surface area contributed by atoms with Crippen LogP contribution in [0.3, 0.4) is 0 Å². The predicted octanol–water partition coefficient (Wildman–Crippen LogP) is 3.09. The maximum atomic E-state index is 12.9. The Balaban J connectivity index is 1.67. The van der Waals surface area contributed by atoms with Gasteiger partial charge in [-0.05, 0) is 55.7 Å². The standard InChI is InChI=1S/C22H34N2O4S/c1-17-9-10-20(29(27,28)24-11-5-2-6-12-24)14-21(17)22(26)23-15-19(16-25)13-18-7-3-4-8-18/h9-10,14,18-19,25H,2-8,11-13,15-16H2,1H3,(H,23,26). The van der Waals surface area contributed by atoms with Gasteiger partial charge in [0.05, 0.1) is 4.90 Å². The average Bonchev–Trinajstić information content (AvgIpc) is 3.24. The van der Waals surface area contributed by atoms with Gasteiger partial charge in [-0.1, -0.05) is 38.2 Å². The second kappa shape index (κ2) is 10.0. The van der Waals surface area contributed by atoms with Crippen LogP contribution in [0.4, 0.5) is 0 Å². The van der Waals surface area contributed by atoms with Crippen LogP contribution < -0.4 is 5.32 Å². The minimum Gasteiger partial charge on any atom is -0.396 e. The van der Waals surface area contributed by atoms with Crippen molar-refractivity contribution in [3.63, 3.8) is 0 Å². The van der Waals surface area contributed by atoms with Gasteiger partial charge in [0.1, 0.15) is 0 Å². The average molecular weight is 423 g/mol. The summed E-state index contributed by atoms with van der Waals surface area (Å²) in [5.74, 6) is 0.412. The first-order valence-corrected chi connectivity index (χ1v) is 12.4. The van der Waals surface area contributed by atoms with Gasteiger partial charge in [-0.2, -0.15) is 4.31 Å². The van der Waals surface area contributed by atoms with Crippen molar-refractivity contribution in [1.82, 2.24) is 9.62 Å². The molecule has 2 fully saturated rings. The van der Waals surface area contributed by atoms with Crippen molar-refractivity contribution in [1.29, 1.82) is 0 Å². The summed E-state index contributed by atoms with van der Waals surface area (Å²) in [6.07, 6.45) is 8.67. The number of sulfonamides is 1. The van der Waals surface area contributed by atoms with Gasteiger partial charge < -0.3 is 10.4 Å². The fraction of sp³-hybridized carbons (Fsp3) is 0.682. The van der Waals surface area contributed by atoms with E-state index in [4.69, 9.17) is 0 Å². The highest BCUT2D eigenvalue weighted by Crippen LogP contribution is 2.30. The molecule has 1 atom stereocenters. The third-order valence-corrected chi connectivity index (χ3v) is 8.25. The first-order chi connectivity index (χ1) is 13.9. The Kier molecular flexibility index (Phi) is 7.71. The zero-order valence-corrected chi connectivity index (χ0v) is 18.2. The SMILES string of the molecule is Cc1ccc(S(=O)(=O)N2CCCCC2)cc1C(=O)NCC(CO)CC1CCCC1. The summed E-state index contributed by atoms with van der Waals surface area (Å²) >= 11 is 0. The smallest absolute Gasteiger partial charge is 0.251 e. The molecule has 1 amide bonds. The third-order valence-electron chi connectivity index (χ3n) is 6.36. The van der Waals surface area contributed by atoms with Gasteiger partial charge in [0, 0.05) is 31.8 Å². The molecule has 0 aromatic heterocycles. The van der Waals surface area contributed by atoms with Crippen molar-refractivity contribution in [2.45, 2.75) is 63.2 Å². The quantitative estimate of drug-likeness (QED) is 0.674. The highest BCUT2D eigenvalue weighted by atomic mass is 32.2. The molecule has 1 saturated carbocycles. The van der Waals surface area contributed by atoms with E-state index in [2.05, 4.69) is 5.32 Å². The Morgan fingerprint density at radius 2 is 1.86 bits per heavy atom. The van der Waals surface area contributed by atoms with Crippen molar-refractivity contribution in [3.8, 4) is 0 Å². The van der Waals surface area contributed by atoms with Crippen LogP contribution in [0.5, 0.6) is 0 Å². The number of hydrogen-bond donors (Lipinski definition) is 2. The van der Waals surface area contributed by atoms with Gasteiger partial charge >= 0.3 is 0 Å². The number of carbonyl (C=O) groups is 1. The largest absolute Gasteiger partial charge is 0.396 e. The first-order valence-electron chi connectivity index (χ1n) is 10.9. The molecule has 0 radical (unpaired) electrons. The Bertz CT molecular complexity index is 797. The Labute approximate surface area is 174 Å². The van der Waals surface area contributed by atoms with Crippen molar-refractivity contribution >= 4 is 15.9 Å². The number of aliphatic hydroxyl groups excluding tert-OH is 1. The van der Waals surface area contributed by atoms with Gasteiger partial charge in [-0.15, -0.1) is 0 Å². The minimum absolute atomic E-state index is 0.0441. The Hall–Kier alpha value is -1.44. The van der Waals surface area contributed by atoms with Crippen LogP contribution in [0, 0.1) is 18.8 Å². The maximum absolute atomic E-state index is 12.9. The van der Waals surface area contributed by atoms with Gasteiger partial charge in [-0.3, -0.25) is 4.79 Å². The lowest BCUT2D eigenvalue weighted by molar-refractivity contribution is 0.0934. The Morgan fingerprint density at radius 3 is 2.52 bits per heavy atom. The maximum Gasteiger partial charge on any atom is 0.251 e. The van der Waals surface area contributed by atoms with E-state index in [1.165, 1.54) is 36.1 Å². The molecular weight excluding hydrogens is 388 g/mol. The predicted molar refractivity (Wildman–Crippen MR) is 113 cm³/mol. The van der Waals surface area contributed by atoms with Crippen LogP contribution >= 0.6 is 0 Å². The zero-order chi connectivity index (χ0) is 20.9. The summed E-state index contributed by atoms with van der Waals surface area (Å²) in [5.41, 5.74) is 1.14. The first kappa shape index (κ1) is 22.2. The highest BCUT2D eigenvalue weighted by Gasteiger charge is 2.27. The lowest BCUT2D eigenvalue weighted by atomic mass is 9.93. The summed E-state index contributed by atoms with van der Waals surface area (Å²) in [6, 6.07) is 4.79. The van der Waals surface area contributed by atoms with E-state index in [1.54, 1.807) is 12.1 Å². The molecule has 1 heterocycles. The number of carbonyl (C=O) groups excluding carboxylic acids is 1. The van der Waals surface area contributed by atoms with E-state index < -0.39 is 10.0 Å². The molecule has 2 aliphatic rings. The molecular formula is C22H34N2O4S. The summed E-state index contributed by atoms with van der Waals surface area (Å²) in [6.45, 7) is 3.36. The topological polar surface area (TPSA) is 86.7 Å². The molecule has 0 spiro atoms. The number of hydrogen-bond acceptors (Lipinski definition) is 4. The number of aryl methyl sites for hydroxylation is 1. The summed E-state index contributed by atoms with van der Waals surface area (Å²) in [4.78, 5) is 13.0. The zero-order valence-electron chi connectivity index (χ0n) is 17.4. The van der Waals surface area contributed by atoms with Gasteiger partial charge in [0.15, 0.2) is 0 Å². The summed E-state index contributed by atoms with van der Waals surface area (Å²) in [7, 11) is -3.57. The molecule has 1 saturated heterocycles. The number of amides is 1. The van der Waals surface area contributed by atoms with Crippen molar-refractivity contribution in [2.75, 3.05) is 26.2 Å². The van der Waals surface area contributed by atoms with E-state index in [-0.39, 0.29) is 23.3 Å². The van der Waals surface area contributed by atoms with E-state index >= 15 is 0 Å². The molecule has 29 heavy (non-hydrogen) atoms. The molecule has 1 aromatic rings. The fourth-order valence-electron chi connectivity index (χ4n) is 4.53.